The SMILES string of the molecule is C[C@H]1/C=C\CCOS(=O)(=O)N1. The van der Waals surface area contributed by atoms with Crippen LogP contribution < -0.4 is 4.72 Å². The van der Waals surface area contributed by atoms with Crippen LogP contribution in [-0.2, 0) is 14.5 Å². The molecule has 1 atom stereocenters. The molecule has 0 saturated heterocycles. The lowest BCUT2D eigenvalue weighted by atomic mass is 10.3. The summed E-state index contributed by atoms with van der Waals surface area (Å²) in [6.07, 6.45) is 4.34. The van der Waals surface area contributed by atoms with Gasteiger partial charge in [-0.1, -0.05) is 12.2 Å². The molecule has 0 bridgehead atoms. The van der Waals surface area contributed by atoms with Gasteiger partial charge in [-0.15, -0.1) is 0 Å². The van der Waals surface area contributed by atoms with Gasteiger partial charge in [-0.3, -0.25) is 4.18 Å². The van der Waals surface area contributed by atoms with Crippen molar-refractivity contribution in [3.05, 3.63) is 12.2 Å². The van der Waals surface area contributed by atoms with E-state index in [0.29, 0.717) is 6.42 Å². The normalized spacial score (nSPS) is 33.7. The topological polar surface area (TPSA) is 55.4 Å². The lowest BCUT2D eigenvalue weighted by molar-refractivity contribution is 0.313. The zero-order chi connectivity index (χ0) is 8.32. The van der Waals surface area contributed by atoms with Crippen LogP contribution in [-0.4, -0.2) is 21.1 Å². The van der Waals surface area contributed by atoms with Gasteiger partial charge in [-0.2, -0.15) is 13.1 Å². The van der Waals surface area contributed by atoms with Crippen LogP contribution in [0.2, 0.25) is 0 Å². The third kappa shape index (κ3) is 3.00. The Morgan fingerprint density at radius 3 is 3.09 bits per heavy atom. The van der Waals surface area contributed by atoms with E-state index in [1.807, 2.05) is 6.08 Å². The number of hydrogen-bond donors (Lipinski definition) is 1. The van der Waals surface area contributed by atoms with E-state index < -0.39 is 10.3 Å². The van der Waals surface area contributed by atoms with Gasteiger partial charge in [0.15, 0.2) is 0 Å². The lowest BCUT2D eigenvalue weighted by Gasteiger charge is -2.12. The largest absolute Gasteiger partial charge is 0.336 e. The Morgan fingerprint density at radius 1 is 1.64 bits per heavy atom. The second-order valence-electron chi connectivity index (χ2n) is 2.40. The van der Waals surface area contributed by atoms with Crippen molar-refractivity contribution in [1.29, 1.82) is 0 Å². The first-order valence-corrected chi connectivity index (χ1v) is 4.84. The van der Waals surface area contributed by atoms with Crippen LogP contribution in [0.4, 0.5) is 0 Å². The quantitative estimate of drug-likeness (QED) is 0.537. The molecular weight excluding hydrogens is 166 g/mol. The fraction of sp³-hybridized carbons (Fsp3) is 0.667. The average Bonchev–Trinajstić information content (AvgIpc) is 1.82. The fourth-order valence-corrected chi connectivity index (χ4v) is 1.74. The Hall–Kier alpha value is -0.390. The maximum absolute atomic E-state index is 10.9. The van der Waals surface area contributed by atoms with Crippen molar-refractivity contribution < 1.29 is 12.6 Å². The smallest absolute Gasteiger partial charge is 0.258 e. The summed E-state index contributed by atoms with van der Waals surface area (Å²) in [5, 5.41) is 0. The van der Waals surface area contributed by atoms with E-state index in [2.05, 4.69) is 8.91 Å². The number of nitrogens with one attached hydrogen (secondary N) is 1. The third-order valence-corrected chi connectivity index (χ3v) is 2.42. The van der Waals surface area contributed by atoms with E-state index >= 15 is 0 Å². The molecule has 1 aliphatic heterocycles. The van der Waals surface area contributed by atoms with Crippen molar-refractivity contribution in [2.75, 3.05) is 6.61 Å². The van der Waals surface area contributed by atoms with Gasteiger partial charge in [0.05, 0.1) is 6.61 Å². The highest BCUT2D eigenvalue weighted by Gasteiger charge is 2.13. The van der Waals surface area contributed by atoms with Gasteiger partial charge in [0.1, 0.15) is 0 Å². The Labute approximate surface area is 66.5 Å². The summed E-state index contributed by atoms with van der Waals surface area (Å²) in [6, 6.07) is -0.180. The van der Waals surface area contributed by atoms with Crippen LogP contribution in [0.15, 0.2) is 12.2 Å². The van der Waals surface area contributed by atoms with Gasteiger partial charge in [0, 0.05) is 6.04 Å². The molecule has 1 heterocycles. The van der Waals surface area contributed by atoms with Gasteiger partial charge in [0.2, 0.25) is 0 Å². The molecule has 0 radical (unpaired) electrons. The van der Waals surface area contributed by atoms with Gasteiger partial charge in [0.25, 0.3) is 0 Å². The molecule has 0 unspecified atom stereocenters. The van der Waals surface area contributed by atoms with E-state index in [1.54, 1.807) is 13.0 Å². The molecule has 64 valence electrons. The summed E-state index contributed by atoms with van der Waals surface area (Å²) in [6.45, 7) is 1.97. The minimum Gasteiger partial charge on any atom is -0.258 e. The molecule has 5 heteroatoms. The third-order valence-electron chi connectivity index (χ3n) is 1.28. The molecule has 0 aromatic rings. The highest BCUT2D eigenvalue weighted by molar-refractivity contribution is 7.84. The van der Waals surface area contributed by atoms with Crippen molar-refractivity contribution in [1.82, 2.24) is 4.72 Å². The molecule has 0 aromatic carbocycles. The molecule has 0 aliphatic carbocycles. The standard InChI is InChI=1S/C6H11NO3S/c1-6-4-2-3-5-10-11(8,9)7-6/h2,4,6-7H,3,5H2,1H3/b4-2-/t6-/m0/s1. The van der Waals surface area contributed by atoms with Crippen LogP contribution in [0.3, 0.4) is 0 Å². The zero-order valence-corrected chi connectivity index (χ0v) is 7.10. The molecular formula is C6H11NO3S. The zero-order valence-electron chi connectivity index (χ0n) is 6.28. The molecule has 11 heavy (non-hydrogen) atoms. The van der Waals surface area contributed by atoms with Crippen LogP contribution in [0, 0.1) is 0 Å². The summed E-state index contributed by atoms with van der Waals surface area (Å²) in [7, 11) is -3.49. The Kier molecular flexibility index (Phi) is 2.64. The van der Waals surface area contributed by atoms with Crippen LogP contribution >= 0.6 is 0 Å². The van der Waals surface area contributed by atoms with Crippen LogP contribution in [0.5, 0.6) is 0 Å². The van der Waals surface area contributed by atoms with E-state index in [9.17, 15) is 8.42 Å². The summed E-state index contributed by atoms with van der Waals surface area (Å²) in [5.41, 5.74) is 0. The second-order valence-corrected chi connectivity index (χ2v) is 3.78. The molecule has 0 saturated carbocycles. The monoisotopic (exact) mass is 177 g/mol. The number of hydrogen-bond acceptors (Lipinski definition) is 3. The van der Waals surface area contributed by atoms with Crippen LogP contribution in [0.25, 0.3) is 0 Å². The van der Waals surface area contributed by atoms with Crippen molar-refractivity contribution in [2.45, 2.75) is 19.4 Å². The molecule has 1 N–H and O–H groups in total. The van der Waals surface area contributed by atoms with E-state index in [-0.39, 0.29) is 12.6 Å². The summed E-state index contributed by atoms with van der Waals surface area (Å²) >= 11 is 0. The first-order valence-electron chi connectivity index (χ1n) is 3.43. The van der Waals surface area contributed by atoms with Crippen molar-refractivity contribution >= 4 is 10.3 Å². The minimum atomic E-state index is -3.49. The summed E-state index contributed by atoms with van der Waals surface area (Å²) in [5.74, 6) is 0. The Balaban J connectivity index is 2.71. The van der Waals surface area contributed by atoms with Crippen LogP contribution in [0.1, 0.15) is 13.3 Å². The number of rotatable bonds is 0. The first kappa shape index (κ1) is 8.70. The second kappa shape index (κ2) is 3.34. The van der Waals surface area contributed by atoms with Gasteiger partial charge in [-0.05, 0) is 13.3 Å². The molecule has 0 aromatic heterocycles. The molecule has 0 spiro atoms. The summed E-state index contributed by atoms with van der Waals surface area (Å²) in [4.78, 5) is 0. The molecule has 1 rings (SSSR count). The minimum absolute atomic E-state index is 0.180. The highest BCUT2D eigenvalue weighted by Crippen LogP contribution is 2.00. The summed E-state index contributed by atoms with van der Waals surface area (Å²) < 4.78 is 28.6. The van der Waals surface area contributed by atoms with E-state index in [0.717, 1.165) is 0 Å². The predicted octanol–water partition coefficient (Wildman–Crippen LogP) is 0.186. The van der Waals surface area contributed by atoms with Crippen molar-refractivity contribution in [3.8, 4) is 0 Å². The maximum atomic E-state index is 10.9. The van der Waals surface area contributed by atoms with Gasteiger partial charge < -0.3 is 0 Å². The Morgan fingerprint density at radius 2 is 2.36 bits per heavy atom. The first-order chi connectivity index (χ1) is 5.10. The van der Waals surface area contributed by atoms with Crippen molar-refractivity contribution in [2.24, 2.45) is 0 Å². The fourth-order valence-electron chi connectivity index (χ4n) is 0.827. The predicted molar refractivity (Wildman–Crippen MR) is 41.2 cm³/mol. The molecule has 0 fully saturated rings. The lowest BCUT2D eigenvalue weighted by Crippen LogP contribution is -2.33. The van der Waals surface area contributed by atoms with Gasteiger partial charge in [-0.25, -0.2) is 0 Å². The van der Waals surface area contributed by atoms with E-state index in [1.165, 1.54) is 0 Å². The molecule has 4 nitrogen and oxygen atoms in total. The molecule has 1 aliphatic rings. The highest BCUT2D eigenvalue weighted by atomic mass is 32.2. The molecule has 0 amide bonds. The van der Waals surface area contributed by atoms with E-state index in [4.69, 9.17) is 0 Å². The van der Waals surface area contributed by atoms with Crippen molar-refractivity contribution in [3.63, 3.8) is 0 Å². The Bertz CT molecular complexity index is 245. The van der Waals surface area contributed by atoms with Gasteiger partial charge >= 0.3 is 10.3 Å². The average molecular weight is 177 g/mol. The maximum Gasteiger partial charge on any atom is 0.336 e.